The molecular formula is C36H54N2O9. The maximum absolute atomic E-state index is 13.1. The normalized spacial score (nSPS) is 19.3. The molecule has 2 unspecified atom stereocenters. The van der Waals surface area contributed by atoms with Gasteiger partial charge in [-0.2, -0.15) is 0 Å². The Labute approximate surface area is 278 Å². The highest BCUT2D eigenvalue weighted by Crippen LogP contribution is 2.48. The maximum atomic E-state index is 13.1. The van der Waals surface area contributed by atoms with Gasteiger partial charge in [0.15, 0.2) is 0 Å². The van der Waals surface area contributed by atoms with E-state index in [0.29, 0.717) is 24.9 Å². The van der Waals surface area contributed by atoms with E-state index in [1.54, 1.807) is 0 Å². The number of ether oxygens (including phenoxy) is 2. The molecule has 1 fully saturated rings. The fourth-order valence-electron chi connectivity index (χ4n) is 6.82. The van der Waals surface area contributed by atoms with Crippen molar-refractivity contribution in [3.8, 4) is 17.2 Å². The van der Waals surface area contributed by atoms with Gasteiger partial charge in [-0.15, -0.1) is 0 Å². The zero-order valence-electron chi connectivity index (χ0n) is 28.6. The van der Waals surface area contributed by atoms with Crippen molar-refractivity contribution < 1.29 is 44.0 Å². The highest BCUT2D eigenvalue weighted by Gasteiger charge is 2.34. The number of aliphatic hydroxyl groups excluding tert-OH is 1. The Balaban J connectivity index is 0.00000376. The number of aliphatic hydroxyl groups is 1. The molecule has 2 amide bonds. The van der Waals surface area contributed by atoms with Crippen LogP contribution in [0.15, 0.2) is 35.9 Å². The second kappa shape index (κ2) is 19.1. The summed E-state index contributed by atoms with van der Waals surface area (Å²) >= 11 is 0. The zero-order chi connectivity index (χ0) is 35.1. The van der Waals surface area contributed by atoms with Crippen molar-refractivity contribution in [1.82, 2.24) is 10.6 Å². The molecule has 0 radical (unpaired) electrons. The van der Waals surface area contributed by atoms with Crippen molar-refractivity contribution in [1.29, 1.82) is 0 Å². The van der Waals surface area contributed by atoms with E-state index in [1.807, 2.05) is 33.8 Å². The van der Waals surface area contributed by atoms with Gasteiger partial charge < -0.3 is 40.2 Å². The third-order valence-corrected chi connectivity index (χ3v) is 9.06. The van der Waals surface area contributed by atoms with E-state index in [9.17, 15) is 29.4 Å². The molecule has 0 aliphatic heterocycles. The summed E-state index contributed by atoms with van der Waals surface area (Å²) < 4.78 is 11.3. The number of aromatic hydroxyl groups is 1. The van der Waals surface area contributed by atoms with Crippen LogP contribution in [0.5, 0.6) is 17.2 Å². The molecule has 0 saturated heterocycles. The first-order valence-corrected chi connectivity index (χ1v) is 16.5. The second-order valence-electron chi connectivity index (χ2n) is 13.4. The van der Waals surface area contributed by atoms with Crippen LogP contribution < -0.4 is 20.1 Å². The van der Waals surface area contributed by atoms with Crippen LogP contribution >= 0.6 is 0 Å². The second-order valence-corrected chi connectivity index (χ2v) is 13.4. The lowest BCUT2D eigenvalue weighted by Gasteiger charge is -2.35. The molecule has 2 aliphatic carbocycles. The Kier molecular flexibility index (Phi) is 16.0. The number of carbonyl (C=O) groups excluding carboxylic acids is 3. The number of carboxylic acid groups (broad SMARTS) is 1. The first-order valence-electron chi connectivity index (χ1n) is 16.5. The molecule has 2 aliphatic rings. The quantitative estimate of drug-likeness (QED) is 0.106. The summed E-state index contributed by atoms with van der Waals surface area (Å²) in [5, 5.41) is 33.1. The lowest BCUT2D eigenvalue weighted by Crippen LogP contribution is -2.40. The maximum Gasteiger partial charge on any atom is 0.412 e. The van der Waals surface area contributed by atoms with Crippen molar-refractivity contribution >= 4 is 24.4 Å². The molecule has 11 nitrogen and oxygen atoms in total. The van der Waals surface area contributed by atoms with Crippen molar-refractivity contribution in [2.75, 3.05) is 20.2 Å². The van der Waals surface area contributed by atoms with Gasteiger partial charge in [-0.3, -0.25) is 4.79 Å². The van der Waals surface area contributed by atoms with E-state index >= 15 is 0 Å². The summed E-state index contributed by atoms with van der Waals surface area (Å²) in [5.74, 6) is -1.53. The van der Waals surface area contributed by atoms with Crippen molar-refractivity contribution in [2.45, 2.75) is 97.8 Å². The third-order valence-electron chi connectivity index (χ3n) is 9.06. The summed E-state index contributed by atoms with van der Waals surface area (Å²) in [6, 6.07) is 2.74. The van der Waals surface area contributed by atoms with Gasteiger partial charge in [0, 0.05) is 56.7 Å². The molecule has 11 heteroatoms. The molecule has 5 N–H and O–H groups in total. The Morgan fingerprint density at radius 3 is 2.34 bits per heavy atom. The summed E-state index contributed by atoms with van der Waals surface area (Å²) in [7, 11) is 1.00. The summed E-state index contributed by atoms with van der Waals surface area (Å²) in [6.07, 6.45) is 8.73. The summed E-state index contributed by atoms with van der Waals surface area (Å²) in [6.45, 7) is 12.5. The Bertz CT molecular complexity index is 1270. The molecule has 3 atom stereocenters. The van der Waals surface area contributed by atoms with E-state index in [2.05, 4.69) is 17.2 Å². The minimum atomic E-state index is -0.947. The Morgan fingerprint density at radius 2 is 1.74 bits per heavy atom. The van der Waals surface area contributed by atoms with Gasteiger partial charge in [0.25, 0.3) is 0 Å². The van der Waals surface area contributed by atoms with Gasteiger partial charge in [-0.1, -0.05) is 56.9 Å². The van der Waals surface area contributed by atoms with Gasteiger partial charge >= 0.3 is 18.2 Å². The number of nitrogens with one attached hydrogen (secondary N) is 2. The average molecular weight is 659 g/mol. The molecule has 0 aromatic heterocycles. The number of amides is 2. The number of phenolic OH excluding ortho intramolecular Hbond substituents is 1. The fourth-order valence-corrected chi connectivity index (χ4v) is 6.82. The SMILES string of the molecule is C=C(C)C1CCC(C)=C[C@H]1c1c(O)cc(OC(=O)NCC2(CC=O)CCCCC2)cc1OC(=O)NCC(CC(=O)O)CC(C)C.CO. The van der Waals surface area contributed by atoms with Crippen LogP contribution in [0.2, 0.25) is 0 Å². The molecule has 3 rings (SSSR count). The molecule has 1 aromatic carbocycles. The molecule has 262 valence electrons. The predicted molar refractivity (Wildman–Crippen MR) is 180 cm³/mol. The van der Waals surface area contributed by atoms with Crippen LogP contribution in [0.1, 0.15) is 103 Å². The van der Waals surface area contributed by atoms with Crippen molar-refractivity contribution in [3.05, 3.63) is 41.5 Å². The monoisotopic (exact) mass is 658 g/mol. The Morgan fingerprint density at radius 1 is 1.09 bits per heavy atom. The van der Waals surface area contributed by atoms with E-state index < -0.39 is 18.2 Å². The van der Waals surface area contributed by atoms with Gasteiger partial charge in [0.05, 0.1) is 0 Å². The third kappa shape index (κ3) is 12.4. The van der Waals surface area contributed by atoms with Crippen LogP contribution in [-0.2, 0) is 9.59 Å². The number of hydrogen-bond donors (Lipinski definition) is 5. The van der Waals surface area contributed by atoms with E-state index in [1.165, 1.54) is 12.1 Å². The topological polar surface area (TPSA) is 171 Å². The molecule has 47 heavy (non-hydrogen) atoms. The van der Waals surface area contributed by atoms with Crippen LogP contribution in [0, 0.1) is 23.2 Å². The van der Waals surface area contributed by atoms with E-state index in [-0.39, 0.29) is 59.3 Å². The van der Waals surface area contributed by atoms with Crippen molar-refractivity contribution in [3.63, 3.8) is 0 Å². The number of hydrogen-bond acceptors (Lipinski definition) is 8. The van der Waals surface area contributed by atoms with Gasteiger partial charge in [-0.05, 0) is 69.1 Å². The standard InChI is InChI=1S/C35H50N2O8.CH4O/c1-22(2)15-25(17-31(40)41)20-36-33(42)45-30-19-26(44-34(43)37-21-35(13-14-38)11-7-6-8-12-35)18-29(39)32(30)28-16-24(5)9-10-27(28)23(3)4;1-2/h14,16,18-19,22,25,27-28,39H,3,6-13,15,17,20-21H2,1-2,4-5H3,(H,36,42)(H,37,43)(H,40,41);2H,1H3/t25?,27?,28-;/m1./s1. The lowest BCUT2D eigenvalue weighted by atomic mass is 9.72. The minimum Gasteiger partial charge on any atom is -0.507 e. The van der Waals surface area contributed by atoms with Crippen LogP contribution in [-0.4, -0.2) is 60.0 Å². The largest absolute Gasteiger partial charge is 0.507 e. The first-order chi connectivity index (χ1) is 22.3. The smallest absolute Gasteiger partial charge is 0.412 e. The zero-order valence-corrected chi connectivity index (χ0v) is 28.6. The number of rotatable bonds is 14. The number of aliphatic carboxylic acids is 1. The Hall–Kier alpha value is -3.86. The van der Waals surface area contributed by atoms with Crippen LogP contribution in [0.4, 0.5) is 9.59 Å². The molecule has 0 heterocycles. The lowest BCUT2D eigenvalue weighted by molar-refractivity contribution is -0.138. The first kappa shape index (κ1) is 39.3. The number of benzene rings is 1. The number of carbonyl (C=O) groups is 4. The van der Waals surface area contributed by atoms with Gasteiger partial charge in [-0.25, -0.2) is 9.59 Å². The van der Waals surface area contributed by atoms with Crippen LogP contribution in [0.3, 0.4) is 0 Å². The molecule has 1 saturated carbocycles. The number of allylic oxidation sites excluding steroid dienone is 3. The molecule has 1 aromatic rings. The highest BCUT2D eigenvalue weighted by molar-refractivity contribution is 5.74. The molecule has 0 spiro atoms. The van der Waals surface area contributed by atoms with Crippen LogP contribution in [0.25, 0.3) is 0 Å². The van der Waals surface area contributed by atoms with Crippen molar-refractivity contribution in [2.24, 2.45) is 23.2 Å². The molecule has 0 bridgehead atoms. The fraction of sp³-hybridized carbons (Fsp3) is 0.611. The number of phenols is 1. The van der Waals surface area contributed by atoms with E-state index in [4.69, 9.17) is 14.6 Å². The van der Waals surface area contributed by atoms with Gasteiger partial charge in [0.2, 0.25) is 0 Å². The highest BCUT2D eigenvalue weighted by atomic mass is 16.6. The van der Waals surface area contributed by atoms with E-state index in [0.717, 1.165) is 69.5 Å². The average Bonchev–Trinajstić information content (AvgIpc) is 3.00. The minimum absolute atomic E-state index is 0.0171. The summed E-state index contributed by atoms with van der Waals surface area (Å²) in [5.41, 5.74) is 2.13. The predicted octanol–water partition coefficient (Wildman–Crippen LogP) is 6.87. The molecular weight excluding hydrogens is 604 g/mol. The number of aldehydes is 1. The number of carboxylic acids is 1. The summed E-state index contributed by atoms with van der Waals surface area (Å²) in [4.78, 5) is 48.7. The van der Waals surface area contributed by atoms with Gasteiger partial charge in [0.1, 0.15) is 23.5 Å².